The standard InChI is InChI=1S/C27H36O4/c1-2-3-15-22-30-26(28)20-11-6-4-5-7-12-21-27(29)31-25-19-14-13-18-24(25)23-16-9-8-10-17-23/h8-10,13-14,16-19H,2-7,11-12,15,20-22H2,1H3. The smallest absolute Gasteiger partial charge is 0.311 e. The molecule has 0 amide bonds. The van der Waals surface area contributed by atoms with Gasteiger partial charge in [-0.15, -0.1) is 0 Å². The molecule has 2 aromatic rings. The Labute approximate surface area is 187 Å². The summed E-state index contributed by atoms with van der Waals surface area (Å²) >= 11 is 0. The van der Waals surface area contributed by atoms with Crippen molar-refractivity contribution < 1.29 is 19.1 Å². The van der Waals surface area contributed by atoms with E-state index in [1.54, 1.807) is 0 Å². The number of unbranched alkanes of at least 4 members (excludes halogenated alkanes) is 7. The molecule has 4 nitrogen and oxygen atoms in total. The van der Waals surface area contributed by atoms with Crippen LogP contribution in [0.4, 0.5) is 0 Å². The Hall–Kier alpha value is -2.62. The van der Waals surface area contributed by atoms with Crippen LogP contribution in [0.1, 0.15) is 77.6 Å². The molecule has 0 aliphatic heterocycles. The molecular weight excluding hydrogens is 388 g/mol. The Morgan fingerprint density at radius 3 is 2.00 bits per heavy atom. The number of benzene rings is 2. The molecule has 0 bridgehead atoms. The summed E-state index contributed by atoms with van der Waals surface area (Å²) in [6.45, 7) is 2.69. The van der Waals surface area contributed by atoms with Crippen LogP contribution >= 0.6 is 0 Å². The van der Waals surface area contributed by atoms with E-state index in [2.05, 4.69) is 6.92 Å². The van der Waals surface area contributed by atoms with E-state index in [-0.39, 0.29) is 11.9 Å². The molecular formula is C27H36O4. The summed E-state index contributed by atoms with van der Waals surface area (Å²) < 4.78 is 10.8. The fourth-order valence-corrected chi connectivity index (χ4v) is 3.44. The van der Waals surface area contributed by atoms with Gasteiger partial charge in [0, 0.05) is 18.4 Å². The molecule has 0 N–H and O–H groups in total. The van der Waals surface area contributed by atoms with E-state index in [1.165, 1.54) is 0 Å². The molecule has 0 aliphatic rings. The Morgan fingerprint density at radius 2 is 1.29 bits per heavy atom. The molecule has 0 heterocycles. The summed E-state index contributed by atoms with van der Waals surface area (Å²) in [4.78, 5) is 23.9. The molecule has 0 fully saturated rings. The van der Waals surface area contributed by atoms with E-state index in [1.807, 2.05) is 54.6 Å². The number of carbonyl (C=O) groups is 2. The van der Waals surface area contributed by atoms with Crippen LogP contribution in [0.3, 0.4) is 0 Å². The average Bonchev–Trinajstić information content (AvgIpc) is 2.79. The van der Waals surface area contributed by atoms with Crippen molar-refractivity contribution in [2.75, 3.05) is 6.61 Å². The third kappa shape index (κ3) is 10.3. The van der Waals surface area contributed by atoms with Crippen molar-refractivity contribution in [3.05, 3.63) is 54.6 Å². The minimum atomic E-state index is -0.186. The first-order valence-corrected chi connectivity index (χ1v) is 11.7. The summed E-state index contributed by atoms with van der Waals surface area (Å²) in [7, 11) is 0. The van der Waals surface area contributed by atoms with Crippen molar-refractivity contribution in [2.24, 2.45) is 0 Å². The van der Waals surface area contributed by atoms with Crippen molar-refractivity contribution >= 4 is 11.9 Å². The van der Waals surface area contributed by atoms with E-state index < -0.39 is 0 Å². The lowest BCUT2D eigenvalue weighted by molar-refractivity contribution is -0.144. The first kappa shape index (κ1) is 24.6. The van der Waals surface area contributed by atoms with Crippen molar-refractivity contribution in [1.82, 2.24) is 0 Å². The first-order chi connectivity index (χ1) is 15.2. The van der Waals surface area contributed by atoms with Crippen molar-refractivity contribution in [3.8, 4) is 16.9 Å². The maximum Gasteiger partial charge on any atom is 0.311 e. The highest BCUT2D eigenvalue weighted by atomic mass is 16.5. The summed E-state index contributed by atoms with van der Waals surface area (Å²) in [5.74, 6) is 0.351. The number of para-hydroxylation sites is 1. The largest absolute Gasteiger partial charge is 0.466 e. The Morgan fingerprint density at radius 1 is 0.677 bits per heavy atom. The maximum atomic E-state index is 12.3. The van der Waals surface area contributed by atoms with Gasteiger partial charge in [0.1, 0.15) is 5.75 Å². The summed E-state index contributed by atoms with van der Waals surface area (Å²) in [5, 5.41) is 0. The molecule has 2 aromatic carbocycles. The lowest BCUT2D eigenvalue weighted by Crippen LogP contribution is -2.08. The van der Waals surface area contributed by atoms with E-state index in [0.717, 1.165) is 68.9 Å². The van der Waals surface area contributed by atoms with Crippen LogP contribution in [0, 0.1) is 0 Å². The van der Waals surface area contributed by atoms with Crippen molar-refractivity contribution in [2.45, 2.75) is 77.6 Å². The Bertz CT molecular complexity index is 770. The highest BCUT2D eigenvalue weighted by Crippen LogP contribution is 2.29. The minimum Gasteiger partial charge on any atom is -0.466 e. The van der Waals surface area contributed by atoms with Gasteiger partial charge >= 0.3 is 11.9 Å². The van der Waals surface area contributed by atoms with Crippen LogP contribution in [0.25, 0.3) is 11.1 Å². The highest BCUT2D eigenvalue weighted by molar-refractivity contribution is 5.77. The van der Waals surface area contributed by atoms with Crippen LogP contribution in [0.5, 0.6) is 5.75 Å². The van der Waals surface area contributed by atoms with Crippen LogP contribution in [-0.4, -0.2) is 18.5 Å². The van der Waals surface area contributed by atoms with Crippen LogP contribution in [0.2, 0.25) is 0 Å². The number of hydrogen-bond acceptors (Lipinski definition) is 4. The second-order valence-corrected chi connectivity index (χ2v) is 7.89. The van der Waals surface area contributed by atoms with Crippen molar-refractivity contribution in [3.63, 3.8) is 0 Å². The molecule has 0 radical (unpaired) electrons. The maximum absolute atomic E-state index is 12.3. The predicted molar refractivity (Wildman–Crippen MR) is 125 cm³/mol. The number of ether oxygens (including phenoxy) is 2. The van der Waals surface area contributed by atoms with Gasteiger partial charge in [0.25, 0.3) is 0 Å². The Kier molecular flexibility index (Phi) is 12.1. The van der Waals surface area contributed by atoms with E-state index in [0.29, 0.717) is 25.2 Å². The summed E-state index contributed by atoms with van der Waals surface area (Å²) in [5.41, 5.74) is 1.97. The molecule has 2 rings (SSSR count). The lowest BCUT2D eigenvalue weighted by atomic mass is 10.0. The van der Waals surface area contributed by atoms with Crippen LogP contribution in [0.15, 0.2) is 54.6 Å². The van der Waals surface area contributed by atoms with E-state index in [4.69, 9.17) is 9.47 Å². The number of hydrogen-bond donors (Lipinski definition) is 0. The fourth-order valence-electron chi connectivity index (χ4n) is 3.44. The summed E-state index contributed by atoms with van der Waals surface area (Å²) in [6.07, 6.45) is 10.0. The monoisotopic (exact) mass is 424 g/mol. The second-order valence-electron chi connectivity index (χ2n) is 7.89. The molecule has 0 saturated carbocycles. The van der Waals surface area contributed by atoms with Crippen LogP contribution < -0.4 is 4.74 Å². The third-order valence-electron chi connectivity index (χ3n) is 5.22. The number of carbonyl (C=O) groups excluding carboxylic acids is 2. The van der Waals surface area contributed by atoms with E-state index in [9.17, 15) is 9.59 Å². The predicted octanol–water partition coefficient (Wildman–Crippen LogP) is 7.11. The molecule has 31 heavy (non-hydrogen) atoms. The molecule has 0 aliphatic carbocycles. The number of rotatable bonds is 15. The molecule has 0 unspecified atom stereocenters. The van der Waals surface area contributed by atoms with Gasteiger partial charge < -0.3 is 9.47 Å². The molecule has 0 spiro atoms. The molecule has 0 aromatic heterocycles. The zero-order valence-electron chi connectivity index (χ0n) is 18.8. The first-order valence-electron chi connectivity index (χ1n) is 11.7. The van der Waals surface area contributed by atoms with Gasteiger partial charge in [-0.2, -0.15) is 0 Å². The zero-order chi connectivity index (χ0) is 22.2. The molecule has 4 heteroatoms. The fraction of sp³-hybridized carbons (Fsp3) is 0.481. The normalized spacial score (nSPS) is 10.6. The van der Waals surface area contributed by atoms with Crippen LogP contribution in [-0.2, 0) is 14.3 Å². The van der Waals surface area contributed by atoms with Gasteiger partial charge in [0.15, 0.2) is 0 Å². The third-order valence-corrected chi connectivity index (χ3v) is 5.22. The van der Waals surface area contributed by atoms with Crippen molar-refractivity contribution in [1.29, 1.82) is 0 Å². The topological polar surface area (TPSA) is 52.6 Å². The highest BCUT2D eigenvalue weighted by Gasteiger charge is 2.10. The quantitative estimate of drug-likeness (QED) is 0.174. The summed E-state index contributed by atoms with van der Waals surface area (Å²) in [6, 6.07) is 17.6. The van der Waals surface area contributed by atoms with Gasteiger partial charge in [-0.1, -0.05) is 94.0 Å². The van der Waals surface area contributed by atoms with E-state index >= 15 is 0 Å². The average molecular weight is 425 g/mol. The SMILES string of the molecule is CCCCCOC(=O)CCCCCCCCC(=O)Oc1ccccc1-c1ccccc1. The minimum absolute atomic E-state index is 0.0744. The molecule has 0 saturated heterocycles. The molecule has 0 atom stereocenters. The Balaban J connectivity index is 1.55. The van der Waals surface area contributed by atoms with Gasteiger partial charge in [-0.05, 0) is 30.9 Å². The second kappa shape index (κ2) is 15.2. The number of esters is 2. The van der Waals surface area contributed by atoms with Gasteiger partial charge in [0.05, 0.1) is 6.61 Å². The lowest BCUT2D eigenvalue weighted by Gasteiger charge is -2.10. The van der Waals surface area contributed by atoms with Gasteiger partial charge in [-0.3, -0.25) is 9.59 Å². The van der Waals surface area contributed by atoms with Gasteiger partial charge in [0.2, 0.25) is 0 Å². The molecule has 168 valence electrons. The van der Waals surface area contributed by atoms with Gasteiger partial charge in [-0.25, -0.2) is 0 Å². The zero-order valence-corrected chi connectivity index (χ0v) is 18.8.